The van der Waals surface area contributed by atoms with Gasteiger partial charge in [0.05, 0.1) is 11.2 Å². The number of nitrogens with zero attached hydrogens (tertiary/aromatic N) is 2. The third kappa shape index (κ3) is 3.86. The molecule has 0 spiro atoms. The minimum Gasteiger partial charge on any atom is -0.433 e. The summed E-state index contributed by atoms with van der Waals surface area (Å²) in [5, 5.41) is 4.83. The molecule has 160 valence electrons. The van der Waals surface area contributed by atoms with E-state index in [4.69, 9.17) is 4.74 Å². The highest BCUT2D eigenvalue weighted by molar-refractivity contribution is 5.98. The lowest BCUT2D eigenvalue weighted by Gasteiger charge is -2.45. The average Bonchev–Trinajstić information content (AvgIpc) is 3.52. The minimum atomic E-state index is -5.15. The van der Waals surface area contributed by atoms with E-state index < -0.39 is 29.8 Å². The number of carbonyl (C=O) groups is 2. The zero-order valence-corrected chi connectivity index (χ0v) is 16.6. The number of amides is 1. The number of pyridine rings is 1. The Morgan fingerprint density at radius 1 is 1.23 bits per heavy atom. The summed E-state index contributed by atoms with van der Waals surface area (Å²) in [7, 11) is 0. The molecule has 2 fully saturated rings. The second-order valence-corrected chi connectivity index (χ2v) is 8.29. The number of piperazine rings is 1. The number of rotatable bonds is 3. The van der Waals surface area contributed by atoms with Crippen LogP contribution in [0, 0.1) is 0 Å². The summed E-state index contributed by atoms with van der Waals surface area (Å²) in [5.74, 6) is -2.61. The number of fused-ring (bicyclic) bond motifs is 1. The van der Waals surface area contributed by atoms with E-state index in [1.807, 2.05) is 24.3 Å². The first-order valence-electron chi connectivity index (χ1n) is 9.81. The van der Waals surface area contributed by atoms with Crippen LogP contribution in [0.5, 0.6) is 0 Å². The number of carbonyl (C=O) groups excluding carboxylic acids is 2. The lowest BCUT2D eigenvalue weighted by atomic mass is 9.98. The standard InChI is InChI=1S/C21H22F3N3O3/c1-20(2)18(30-19(29)21(22,23)24)27(10-9-25-20)17(28)15-11-13-5-3-4-6-14(13)16(26-15)12-7-8-12/h3-6,11-12,18,25H,7-10H2,1-2H3. The van der Waals surface area contributed by atoms with Gasteiger partial charge in [-0.3, -0.25) is 9.69 Å². The molecule has 30 heavy (non-hydrogen) atoms. The SMILES string of the molecule is CC1(C)NCCN(C(=O)c2cc3ccccc3c(C3CC3)n2)C1OC(=O)C(F)(F)F. The number of alkyl halides is 3. The van der Waals surface area contributed by atoms with E-state index in [-0.39, 0.29) is 18.2 Å². The summed E-state index contributed by atoms with van der Waals surface area (Å²) >= 11 is 0. The molecule has 2 heterocycles. The Morgan fingerprint density at radius 2 is 1.93 bits per heavy atom. The van der Waals surface area contributed by atoms with Gasteiger partial charge in [-0.2, -0.15) is 13.2 Å². The van der Waals surface area contributed by atoms with Crippen LogP contribution < -0.4 is 5.32 Å². The summed E-state index contributed by atoms with van der Waals surface area (Å²) in [6.07, 6.45) is -4.60. The molecule has 1 N–H and O–H groups in total. The molecule has 0 bridgehead atoms. The number of benzene rings is 1. The number of nitrogens with one attached hydrogen (secondary N) is 1. The minimum absolute atomic E-state index is 0.0886. The lowest BCUT2D eigenvalue weighted by Crippen LogP contribution is -2.67. The van der Waals surface area contributed by atoms with Gasteiger partial charge in [0.25, 0.3) is 5.91 Å². The normalized spacial score (nSPS) is 21.5. The molecule has 0 radical (unpaired) electrons. The van der Waals surface area contributed by atoms with Crippen molar-refractivity contribution < 1.29 is 27.5 Å². The fraction of sp³-hybridized carbons (Fsp3) is 0.476. The molecule has 2 aliphatic rings. The molecule has 1 amide bonds. The highest BCUT2D eigenvalue weighted by Crippen LogP contribution is 2.42. The molecule has 2 aromatic rings. The van der Waals surface area contributed by atoms with Crippen molar-refractivity contribution in [3.05, 3.63) is 41.7 Å². The summed E-state index contributed by atoms with van der Waals surface area (Å²) in [5.41, 5.74) is -0.0959. The highest BCUT2D eigenvalue weighted by Gasteiger charge is 2.49. The van der Waals surface area contributed by atoms with Gasteiger partial charge in [0.1, 0.15) is 5.69 Å². The molecule has 9 heteroatoms. The number of hydrogen-bond donors (Lipinski definition) is 1. The van der Waals surface area contributed by atoms with Crippen LogP contribution >= 0.6 is 0 Å². The van der Waals surface area contributed by atoms with Gasteiger partial charge in [0, 0.05) is 24.4 Å². The first-order chi connectivity index (χ1) is 14.1. The monoisotopic (exact) mass is 421 g/mol. The molecule has 1 aliphatic heterocycles. The predicted molar refractivity (Wildman–Crippen MR) is 103 cm³/mol. The molecule has 1 aromatic carbocycles. The van der Waals surface area contributed by atoms with Crippen molar-refractivity contribution in [1.82, 2.24) is 15.2 Å². The average molecular weight is 421 g/mol. The number of hydrogen-bond acceptors (Lipinski definition) is 5. The Balaban J connectivity index is 1.71. The Kier molecular flexibility index (Phi) is 4.96. The second-order valence-electron chi connectivity index (χ2n) is 8.29. The Hall–Kier alpha value is -2.68. The molecule has 1 aliphatic carbocycles. The van der Waals surface area contributed by atoms with Crippen LogP contribution in [0.25, 0.3) is 10.8 Å². The summed E-state index contributed by atoms with van der Waals surface area (Å²) in [6.45, 7) is 3.61. The predicted octanol–water partition coefficient (Wildman–Crippen LogP) is 3.37. The Labute approximate surface area is 171 Å². The van der Waals surface area contributed by atoms with Gasteiger partial charge in [-0.05, 0) is 38.1 Å². The van der Waals surface area contributed by atoms with E-state index in [0.29, 0.717) is 6.54 Å². The van der Waals surface area contributed by atoms with Gasteiger partial charge >= 0.3 is 12.1 Å². The molecular weight excluding hydrogens is 399 g/mol. The van der Waals surface area contributed by atoms with Crippen LogP contribution in [0.1, 0.15) is 48.8 Å². The molecule has 4 rings (SSSR count). The fourth-order valence-electron chi connectivity index (χ4n) is 3.83. The van der Waals surface area contributed by atoms with Crippen molar-refractivity contribution in [2.75, 3.05) is 13.1 Å². The zero-order chi connectivity index (χ0) is 21.7. The maximum atomic E-state index is 13.3. The molecule has 6 nitrogen and oxygen atoms in total. The molecular formula is C21H22F3N3O3. The van der Waals surface area contributed by atoms with Crippen molar-refractivity contribution in [2.24, 2.45) is 0 Å². The van der Waals surface area contributed by atoms with Crippen molar-refractivity contribution in [1.29, 1.82) is 0 Å². The van der Waals surface area contributed by atoms with Gasteiger partial charge in [0.2, 0.25) is 0 Å². The highest BCUT2D eigenvalue weighted by atomic mass is 19.4. The number of aromatic nitrogens is 1. The van der Waals surface area contributed by atoms with Crippen LogP contribution in [0.4, 0.5) is 13.2 Å². The van der Waals surface area contributed by atoms with E-state index in [2.05, 4.69) is 10.3 Å². The van der Waals surface area contributed by atoms with Crippen LogP contribution in [0.3, 0.4) is 0 Å². The maximum absolute atomic E-state index is 13.3. The Bertz CT molecular complexity index is 1000. The van der Waals surface area contributed by atoms with Crippen molar-refractivity contribution in [3.63, 3.8) is 0 Å². The smallest absolute Gasteiger partial charge is 0.433 e. The number of halogens is 3. The molecule has 1 saturated carbocycles. The maximum Gasteiger partial charge on any atom is 0.491 e. The Morgan fingerprint density at radius 3 is 2.60 bits per heavy atom. The van der Waals surface area contributed by atoms with E-state index in [9.17, 15) is 22.8 Å². The quantitative estimate of drug-likeness (QED) is 0.770. The summed E-state index contributed by atoms with van der Waals surface area (Å²) < 4.78 is 43.2. The van der Waals surface area contributed by atoms with E-state index in [1.54, 1.807) is 19.9 Å². The molecule has 1 aromatic heterocycles. The number of esters is 1. The first-order valence-corrected chi connectivity index (χ1v) is 9.81. The van der Waals surface area contributed by atoms with Crippen LogP contribution in [-0.2, 0) is 9.53 Å². The van der Waals surface area contributed by atoms with Crippen molar-refractivity contribution >= 4 is 22.6 Å². The van der Waals surface area contributed by atoms with Crippen molar-refractivity contribution in [2.45, 2.75) is 50.6 Å². The summed E-state index contributed by atoms with van der Waals surface area (Å²) in [4.78, 5) is 30.6. The van der Waals surface area contributed by atoms with Crippen LogP contribution in [0.15, 0.2) is 30.3 Å². The van der Waals surface area contributed by atoms with Gasteiger partial charge in [0.15, 0.2) is 6.23 Å². The van der Waals surface area contributed by atoms with Crippen molar-refractivity contribution in [3.8, 4) is 0 Å². The molecule has 1 unspecified atom stereocenters. The second kappa shape index (κ2) is 7.23. The van der Waals surface area contributed by atoms with Gasteiger partial charge < -0.3 is 10.1 Å². The first kappa shape index (κ1) is 20.6. The summed E-state index contributed by atoms with van der Waals surface area (Å²) in [6, 6.07) is 9.23. The molecule has 1 atom stereocenters. The third-order valence-corrected chi connectivity index (χ3v) is 5.50. The lowest BCUT2D eigenvalue weighted by molar-refractivity contribution is -0.218. The van der Waals surface area contributed by atoms with E-state index in [1.165, 1.54) is 0 Å². The largest absolute Gasteiger partial charge is 0.491 e. The fourth-order valence-corrected chi connectivity index (χ4v) is 3.83. The number of ether oxygens (including phenoxy) is 1. The van der Waals surface area contributed by atoms with Crippen LogP contribution in [-0.4, -0.2) is 52.8 Å². The van der Waals surface area contributed by atoms with Gasteiger partial charge in [-0.1, -0.05) is 24.3 Å². The zero-order valence-electron chi connectivity index (χ0n) is 16.6. The molecule has 1 saturated heterocycles. The van der Waals surface area contributed by atoms with E-state index in [0.717, 1.165) is 34.2 Å². The van der Waals surface area contributed by atoms with Gasteiger partial charge in [-0.25, -0.2) is 9.78 Å². The van der Waals surface area contributed by atoms with E-state index >= 15 is 0 Å². The van der Waals surface area contributed by atoms with Crippen LogP contribution in [0.2, 0.25) is 0 Å². The van der Waals surface area contributed by atoms with Gasteiger partial charge in [-0.15, -0.1) is 0 Å². The third-order valence-electron chi connectivity index (χ3n) is 5.50. The topological polar surface area (TPSA) is 71.5 Å².